The number of aryl methyl sites for hydroxylation is 1. The van der Waals surface area contributed by atoms with Crippen molar-refractivity contribution in [3.8, 4) is 5.88 Å². The molecule has 0 atom stereocenters. The molecule has 0 spiro atoms. The molecule has 1 rings (SSSR count). The number of aromatic nitrogens is 2. The third-order valence-electron chi connectivity index (χ3n) is 1.70. The van der Waals surface area contributed by atoms with Crippen molar-refractivity contribution in [2.75, 3.05) is 13.7 Å². The molecule has 64 valence electrons. The van der Waals surface area contributed by atoms with Crippen LogP contribution < -0.4 is 4.74 Å². The molecule has 1 aromatic heterocycles. The molecule has 0 unspecified atom stereocenters. The number of methoxy groups -OCH3 is 1. The zero-order valence-electron chi connectivity index (χ0n) is 7.22. The van der Waals surface area contributed by atoms with Gasteiger partial charge in [0.1, 0.15) is 0 Å². The third-order valence-corrected chi connectivity index (χ3v) is 1.70. The second-order valence-corrected chi connectivity index (χ2v) is 2.47. The van der Waals surface area contributed by atoms with Gasteiger partial charge in [-0.1, -0.05) is 0 Å². The van der Waals surface area contributed by atoms with E-state index >= 15 is 0 Å². The normalized spacial score (nSPS) is 9.42. The predicted molar refractivity (Wildman–Crippen MR) is 45.0 cm³/mol. The smallest absolute Gasteiger partial charge is 0.236 e. The van der Waals surface area contributed by atoms with E-state index in [0.717, 1.165) is 11.3 Å². The lowest BCUT2D eigenvalue weighted by Gasteiger charge is -1.96. The number of H-pyrrole nitrogens is 1. The van der Waals surface area contributed by atoms with Gasteiger partial charge in [0.25, 0.3) is 0 Å². The van der Waals surface area contributed by atoms with Gasteiger partial charge in [0.05, 0.1) is 13.5 Å². The highest BCUT2D eigenvalue weighted by Gasteiger charge is 2.10. The summed E-state index contributed by atoms with van der Waals surface area (Å²) in [6.45, 7) is 9.06. The first-order chi connectivity index (χ1) is 5.79. The van der Waals surface area contributed by atoms with E-state index in [4.69, 9.17) is 11.3 Å². The van der Waals surface area contributed by atoms with Crippen LogP contribution in [0, 0.1) is 13.5 Å². The van der Waals surface area contributed by atoms with Crippen LogP contribution in [-0.2, 0) is 6.42 Å². The van der Waals surface area contributed by atoms with Crippen LogP contribution in [0.25, 0.3) is 4.85 Å². The first-order valence-corrected chi connectivity index (χ1v) is 3.70. The maximum Gasteiger partial charge on any atom is 0.236 e. The molecule has 0 saturated carbocycles. The van der Waals surface area contributed by atoms with E-state index in [-0.39, 0.29) is 0 Å². The molecule has 12 heavy (non-hydrogen) atoms. The summed E-state index contributed by atoms with van der Waals surface area (Å²) in [5, 5.41) is 6.76. The first-order valence-electron chi connectivity index (χ1n) is 3.70. The maximum absolute atomic E-state index is 6.66. The number of hydrogen-bond donors (Lipinski definition) is 1. The summed E-state index contributed by atoms with van der Waals surface area (Å²) < 4.78 is 5.02. The molecule has 0 radical (unpaired) electrons. The third kappa shape index (κ3) is 1.56. The summed E-state index contributed by atoms with van der Waals surface area (Å²) in [4.78, 5) is 3.28. The lowest BCUT2D eigenvalue weighted by molar-refractivity contribution is 0.392. The van der Waals surface area contributed by atoms with Crippen LogP contribution in [0.15, 0.2) is 0 Å². The van der Waals surface area contributed by atoms with Crippen molar-refractivity contribution in [2.24, 2.45) is 0 Å². The minimum absolute atomic E-state index is 0.483. The van der Waals surface area contributed by atoms with Gasteiger partial charge in [-0.05, 0) is 6.92 Å². The lowest BCUT2D eigenvalue weighted by Crippen LogP contribution is -1.92. The fourth-order valence-corrected chi connectivity index (χ4v) is 1.06. The monoisotopic (exact) mass is 165 g/mol. The average Bonchev–Trinajstić information content (AvgIpc) is 2.43. The summed E-state index contributed by atoms with van der Waals surface area (Å²) in [7, 11) is 1.58. The summed E-state index contributed by atoms with van der Waals surface area (Å²) in [5.74, 6) is 0.608. The van der Waals surface area contributed by atoms with E-state index in [0.29, 0.717) is 18.8 Å². The van der Waals surface area contributed by atoms with Crippen molar-refractivity contribution in [2.45, 2.75) is 13.3 Å². The fraction of sp³-hybridized carbons (Fsp3) is 0.500. The Kier molecular flexibility index (Phi) is 2.70. The van der Waals surface area contributed by atoms with Crippen LogP contribution in [0.5, 0.6) is 5.88 Å². The Bertz CT molecular complexity index is 298. The van der Waals surface area contributed by atoms with E-state index in [2.05, 4.69) is 15.0 Å². The Morgan fingerprint density at radius 2 is 2.42 bits per heavy atom. The van der Waals surface area contributed by atoms with Crippen LogP contribution in [0.3, 0.4) is 0 Å². The summed E-state index contributed by atoms with van der Waals surface area (Å²) >= 11 is 0. The standard InChI is InChI=1S/C8H11N3O/c1-6-7(4-5-9-2)8(12-3)11-10-6/h4-5H2,1,3H3,(H,10,11). The number of hydrogen-bond acceptors (Lipinski definition) is 2. The zero-order chi connectivity index (χ0) is 8.97. The van der Waals surface area contributed by atoms with Crippen molar-refractivity contribution >= 4 is 0 Å². The number of nitrogens with zero attached hydrogens (tertiary/aromatic N) is 2. The molecule has 1 aromatic rings. The van der Waals surface area contributed by atoms with Gasteiger partial charge in [-0.25, -0.2) is 6.57 Å². The van der Waals surface area contributed by atoms with E-state index in [1.165, 1.54) is 0 Å². The second kappa shape index (κ2) is 3.77. The molecule has 0 amide bonds. The molecule has 0 bridgehead atoms. The van der Waals surface area contributed by atoms with Crippen LogP contribution in [-0.4, -0.2) is 23.9 Å². The SMILES string of the molecule is [C-]#[N+]CCc1c(OC)n[nH]c1C. The molecule has 0 aliphatic rings. The summed E-state index contributed by atoms with van der Waals surface area (Å²) in [5.41, 5.74) is 1.99. The molecule has 0 aliphatic carbocycles. The van der Waals surface area contributed by atoms with Gasteiger partial charge < -0.3 is 9.58 Å². The van der Waals surface area contributed by atoms with E-state index in [1.807, 2.05) is 6.92 Å². The first kappa shape index (κ1) is 8.60. The van der Waals surface area contributed by atoms with Gasteiger partial charge in [-0.2, -0.15) is 0 Å². The van der Waals surface area contributed by atoms with E-state index in [9.17, 15) is 0 Å². The van der Waals surface area contributed by atoms with E-state index < -0.39 is 0 Å². The molecule has 0 aromatic carbocycles. The van der Waals surface area contributed by atoms with Crippen molar-refractivity contribution in [3.05, 3.63) is 22.7 Å². The minimum Gasteiger partial charge on any atom is -0.480 e. The Hall–Kier alpha value is -1.50. The second-order valence-electron chi connectivity index (χ2n) is 2.47. The zero-order valence-corrected chi connectivity index (χ0v) is 7.22. The summed E-state index contributed by atoms with van der Waals surface area (Å²) in [6.07, 6.45) is 0.703. The van der Waals surface area contributed by atoms with Gasteiger partial charge in [-0.15, -0.1) is 5.10 Å². The van der Waals surface area contributed by atoms with E-state index in [1.54, 1.807) is 7.11 Å². The lowest BCUT2D eigenvalue weighted by atomic mass is 10.2. The number of aromatic amines is 1. The van der Waals surface area contributed by atoms with Gasteiger partial charge in [0.15, 0.2) is 0 Å². The molecule has 1 N–H and O–H groups in total. The largest absolute Gasteiger partial charge is 0.480 e. The molecule has 4 heteroatoms. The Balaban J connectivity index is 2.81. The van der Waals surface area contributed by atoms with Crippen molar-refractivity contribution < 1.29 is 4.74 Å². The van der Waals surface area contributed by atoms with Crippen molar-refractivity contribution in [1.29, 1.82) is 0 Å². The highest BCUT2D eigenvalue weighted by molar-refractivity contribution is 5.30. The van der Waals surface area contributed by atoms with Gasteiger partial charge in [0.2, 0.25) is 12.4 Å². The Labute approximate surface area is 71.4 Å². The molecule has 4 nitrogen and oxygen atoms in total. The molecule has 0 fully saturated rings. The number of rotatable bonds is 3. The predicted octanol–water partition coefficient (Wildman–Crippen LogP) is 1.19. The van der Waals surface area contributed by atoms with Crippen molar-refractivity contribution in [3.63, 3.8) is 0 Å². The van der Waals surface area contributed by atoms with Crippen molar-refractivity contribution in [1.82, 2.24) is 10.2 Å². The molecular formula is C8H11N3O. The molecule has 0 aliphatic heterocycles. The Morgan fingerprint density at radius 3 is 3.00 bits per heavy atom. The topological polar surface area (TPSA) is 42.3 Å². The number of ether oxygens (including phenoxy) is 1. The van der Waals surface area contributed by atoms with Crippen LogP contribution in [0.1, 0.15) is 11.3 Å². The van der Waals surface area contributed by atoms with Crippen LogP contribution in [0.4, 0.5) is 0 Å². The highest BCUT2D eigenvalue weighted by Crippen LogP contribution is 2.18. The average molecular weight is 165 g/mol. The molecule has 0 saturated heterocycles. The minimum atomic E-state index is 0.483. The Morgan fingerprint density at radius 1 is 1.67 bits per heavy atom. The number of nitrogens with one attached hydrogen (secondary N) is 1. The van der Waals surface area contributed by atoms with Gasteiger partial charge >= 0.3 is 0 Å². The molecular weight excluding hydrogens is 154 g/mol. The molecule has 1 heterocycles. The van der Waals surface area contributed by atoms with Crippen LogP contribution in [0.2, 0.25) is 0 Å². The summed E-state index contributed by atoms with van der Waals surface area (Å²) in [6, 6.07) is 0. The maximum atomic E-state index is 6.66. The quantitative estimate of drug-likeness (QED) is 0.683. The van der Waals surface area contributed by atoms with Gasteiger partial charge in [-0.3, -0.25) is 5.10 Å². The highest BCUT2D eigenvalue weighted by atomic mass is 16.5. The fourth-order valence-electron chi connectivity index (χ4n) is 1.06. The van der Waals surface area contributed by atoms with Gasteiger partial charge in [0, 0.05) is 11.3 Å². The van der Waals surface area contributed by atoms with Crippen LogP contribution >= 0.6 is 0 Å².